The van der Waals surface area contributed by atoms with Gasteiger partial charge in [-0.1, -0.05) is 66.7 Å². The average molecular weight is 639 g/mol. The number of hydrogen-bond acceptors (Lipinski definition) is 5. The molecule has 1 fully saturated rings. The number of carbonyl (C=O) groups excluding carboxylic acids is 1. The zero-order valence-corrected chi connectivity index (χ0v) is 22.3. The van der Waals surface area contributed by atoms with E-state index in [1.807, 2.05) is 18.2 Å². The van der Waals surface area contributed by atoms with Crippen molar-refractivity contribution >= 4 is 5.97 Å². The van der Waals surface area contributed by atoms with Crippen LogP contribution in [0.1, 0.15) is 28.2 Å². The highest BCUT2D eigenvalue weighted by Gasteiger charge is 2.76. The van der Waals surface area contributed by atoms with Crippen LogP contribution < -0.4 is 5.32 Å². The molecule has 0 aromatic heterocycles. The van der Waals surface area contributed by atoms with Crippen LogP contribution in [0.4, 0.5) is 43.9 Å². The molecule has 1 heterocycles. The van der Waals surface area contributed by atoms with Crippen molar-refractivity contribution in [1.82, 2.24) is 5.32 Å². The zero-order valence-electron chi connectivity index (χ0n) is 22.3. The molecular formula is C29H23F10NO4. The first-order valence-corrected chi connectivity index (χ1v) is 12.8. The molecule has 5 nitrogen and oxygen atoms in total. The summed E-state index contributed by atoms with van der Waals surface area (Å²) in [6, 6.07) is 17.1. The first-order chi connectivity index (χ1) is 20.5. The Hall–Kier alpha value is -3.69. The number of nitrogens with one attached hydrogen (secondary N) is 1. The van der Waals surface area contributed by atoms with Gasteiger partial charge >= 0.3 is 30.1 Å². The molecule has 0 amide bonds. The van der Waals surface area contributed by atoms with E-state index in [-0.39, 0.29) is 31.9 Å². The van der Waals surface area contributed by atoms with Gasteiger partial charge in [0, 0.05) is 30.0 Å². The third-order valence-electron chi connectivity index (χ3n) is 7.34. The molecule has 3 aromatic carbocycles. The van der Waals surface area contributed by atoms with Gasteiger partial charge in [0.15, 0.2) is 0 Å². The molecule has 1 aliphatic heterocycles. The van der Waals surface area contributed by atoms with Gasteiger partial charge in [0.1, 0.15) is 5.82 Å². The van der Waals surface area contributed by atoms with E-state index in [0.29, 0.717) is 17.7 Å². The first-order valence-electron chi connectivity index (χ1n) is 12.8. The summed E-state index contributed by atoms with van der Waals surface area (Å²) in [5, 5.41) is 3.14. The second kappa shape index (κ2) is 12.4. The Morgan fingerprint density at radius 1 is 0.818 bits per heavy atom. The van der Waals surface area contributed by atoms with Crippen LogP contribution in [0.15, 0.2) is 78.9 Å². The van der Waals surface area contributed by atoms with Crippen LogP contribution in [0, 0.1) is 5.82 Å². The quantitative estimate of drug-likeness (QED) is 0.155. The SMILES string of the molecule is O=C(OOC(c1ccc([C@H]2CNC[C@@]2(COCc2ccccc2)c2ccc(F)cc2)cc1)(C(F)(F)F)C(F)(F)F)C(F)(F)F. The van der Waals surface area contributed by atoms with Crippen LogP contribution in [0.5, 0.6) is 0 Å². The van der Waals surface area contributed by atoms with Crippen LogP contribution in [0.3, 0.4) is 0 Å². The molecule has 0 saturated carbocycles. The van der Waals surface area contributed by atoms with E-state index in [0.717, 1.165) is 17.7 Å². The Labute approximate surface area is 243 Å². The van der Waals surface area contributed by atoms with E-state index in [1.165, 1.54) is 24.3 Å². The fraction of sp³-hybridized carbons (Fsp3) is 0.345. The summed E-state index contributed by atoms with van der Waals surface area (Å²) in [6.07, 6.45) is -18.8. The normalized spacial score (nSPS) is 19.6. The largest absolute Gasteiger partial charge is 0.494 e. The minimum Gasteiger partial charge on any atom is -0.376 e. The van der Waals surface area contributed by atoms with Crippen LogP contribution in [0.25, 0.3) is 0 Å². The second-order valence-corrected chi connectivity index (χ2v) is 10.1. The van der Waals surface area contributed by atoms with Crippen molar-refractivity contribution in [1.29, 1.82) is 0 Å². The standard InChI is InChI=1S/C29H23F10NO4/c30-22-12-10-20(11-13-22)25(17-42-15-18-4-2-1-3-5-18)16-40-14-23(25)19-6-8-21(9-7-19)26(28(34,35)36,29(37,38)39)44-43-24(41)27(31,32)33/h1-13,23,40H,14-17H2/t23-,25-/m1/s1. The van der Waals surface area contributed by atoms with Crippen LogP contribution in [-0.2, 0) is 36.9 Å². The Balaban J connectivity index is 1.72. The minimum atomic E-state index is -6.42. The first kappa shape index (κ1) is 33.2. The van der Waals surface area contributed by atoms with Crippen LogP contribution in [0.2, 0.25) is 0 Å². The van der Waals surface area contributed by atoms with E-state index in [9.17, 15) is 48.7 Å². The highest BCUT2D eigenvalue weighted by molar-refractivity contribution is 5.75. The van der Waals surface area contributed by atoms with Crippen molar-refractivity contribution in [2.24, 2.45) is 0 Å². The molecule has 15 heteroatoms. The molecule has 0 unspecified atom stereocenters. The molecule has 0 aliphatic carbocycles. The number of rotatable bonds is 9. The molecule has 1 aliphatic rings. The summed E-state index contributed by atoms with van der Waals surface area (Å²) in [5.41, 5.74) is -6.45. The van der Waals surface area contributed by atoms with Gasteiger partial charge in [-0.25, -0.2) is 9.18 Å². The molecule has 2 atom stereocenters. The van der Waals surface area contributed by atoms with Gasteiger partial charge in [0.25, 0.3) is 0 Å². The highest BCUT2D eigenvalue weighted by atomic mass is 19.4. The number of benzene rings is 3. The summed E-state index contributed by atoms with van der Waals surface area (Å²) >= 11 is 0. The van der Waals surface area contributed by atoms with E-state index in [1.54, 1.807) is 12.1 Å². The minimum absolute atomic E-state index is 0.0124. The van der Waals surface area contributed by atoms with Crippen molar-refractivity contribution < 1.29 is 63.2 Å². The van der Waals surface area contributed by atoms with Crippen LogP contribution >= 0.6 is 0 Å². The molecule has 1 saturated heterocycles. The Kier molecular flexibility index (Phi) is 9.33. The monoisotopic (exact) mass is 639 g/mol. The lowest BCUT2D eigenvalue weighted by Gasteiger charge is -2.37. The fourth-order valence-electron chi connectivity index (χ4n) is 5.17. The molecule has 0 radical (unpaired) electrons. The van der Waals surface area contributed by atoms with Crippen molar-refractivity contribution in [2.75, 3.05) is 19.7 Å². The smallest absolute Gasteiger partial charge is 0.376 e. The molecule has 1 N–H and O–H groups in total. The van der Waals surface area contributed by atoms with E-state index >= 15 is 0 Å². The van der Waals surface area contributed by atoms with Crippen molar-refractivity contribution in [3.05, 3.63) is 107 Å². The summed E-state index contributed by atoms with van der Waals surface area (Å²) in [5.74, 6) is -4.58. The maximum Gasteiger partial charge on any atom is 0.494 e. The number of ether oxygens (including phenoxy) is 1. The Bertz CT molecular complexity index is 1390. The Morgan fingerprint density at radius 3 is 1.95 bits per heavy atom. The van der Waals surface area contributed by atoms with E-state index in [2.05, 4.69) is 15.1 Å². The number of hydrogen-bond donors (Lipinski definition) is 1. The predicted octanol–water partition coefficient (Wildman–Crippen LogP) is 7.02. The molecule has 0 bridgehead atoms. The fourth-order valence-corrected chi connectivity index (χ4v) is 5.17. The highest BCUT2D eigenvalue weighted by Crippen LogP contribution is 2.54. The zero-order chi connectivity index (χ0) is 32.4. The summed E-state index contributed by atoms with van der Waals surface area (Å²) in [4.78, 5) is 17.3. The maximum atomic E-state index is 14.0. The van der Waals surface area contributed by atoms with Gasteiger partial charge in [-0.05, 0) is 28.8 Å². The third kappa shape index (κ3) is 6.54. The van der Waals surface area contributed by atoms with Crippen molar-refractivity contribution in [3.63, 3.8) is 0 Å². The second-order valence-electron chi connectivity index (χ2n) is 10.1. The van der Waals surface area contributed by atoms with Gasteiger partial charge in [0.2, 0.25) is 0 Å². The van der Waals surface area contributed by atoms with Gasteiger partial charge < -0.3 is 10.1 Å². The Morgan fingerprint density at radius 2 is 1.41 bits per heavy atom. The van der Waals surface area contributed by atoms with Gasteiger partial charge in [-0.15, -0.1) is 0 Å². The molecular weight excluding hydrogens is 616 g/mol. The van der Waals surface area contributed by atoms with Crippen molar-refractivity contribution in [2.45, 2.75) is 42.1 Å². The lowest BCUT2D eigenvalue weighted by Crippen LogP contribution is -2.56. The van der Waals surface area contributed by atoms with E-state index in [4.69, 9.17) is 4.74 Å². The lowest BCUT2D eigenvalue weighted by atomic mass is 9.70. The lowest BCUT2D eigenvalue weighted by molar-refractivity contribution is -0.478. The van der Waals surface area contributed by atoms with Gasteiger partial charge in [-0.3, -0.25) is 4.89 Å². The molecule has 4 rings (SSSR count). The average Bonchev–Trinajstić information content (AvgIpc) is 3.37. The maximum absolute atomic E-state index is 14.0. The third-order valence-corrected chi connectivity index (χ3v) is 7.34. The number of halogens is 10. The van der Waals surface area contributed by atoms with Crippen molar-refractivity contribution in [3.8, 4) is 0 Å². The van der Waals surface area contributed by atoms with Gasteiger partial charge in [-0.2, -0.15) is 44.4 Å². The van der Waals surface area contributed by atoms with Gasteiger partial charge in [0.05, 0.1) is 13.2 Å². The van der Waals surface area contributed by atoms with E-state index < -0.39 is 52.8 Å². The molecule has 3 aromatic rings. The molecule has 238 valence electrons. The topological polar surface area (TPSA) is 56.8 Å². The van der Waals surface area contributed by atoms with Crippen LogP contribution in [-0.4, -0.2) is 44.2 Å². The summed E-state index contributed by atoms with van der Waals surface area (Å²) in [6.45, 7) is 0.613. The number of carbonyl (C=O) groups is 1. The molecule has 44 heavy (non-hydrogen) atoms. The predicted molar refractivity (Wildman–Crippen MR) is 133 cm³/mol. The summed E-state index contributed by atoms with van der Waals surface area (Å²) in [7, 11) is 0. The summed E-state index contributed by atoms with van der Waals surface area (Å²) < 4.78 is 141. The molecule has 0 spiro atoms. The number of alkyl halides is 9.